The van der Waals surface area contributed by atoms with Crippen LogP contribution in [0.25, 0.3) is 0 Å². The molecule has 0 saturated heterocycles. The Morgan fingerprint density at radius 1 is 1.36 bits per heavy atom. The molecule has 0 amide bonds. The van der Waals surface area contributed by atoms with Gasteiger partial charge >= 0.3 is 0 Å². The molecule has 78 valence electrons. The van der Waals surface area contributed by atoms with Crippen LogP contribution < -0.4 is 5.73 Å². The molecule has 1 aromatic rings. The third-order valence-corrected chi connectivity index (χ3v) is 2.99. The predicted molar refractivity (Wildman–Crippen MR) is 54.8 cm³/mol. The van der Waals surface area contributed by atoms with Crippen LogP contribution >= 0.6 is 0 Å². The first kappa shape index (κ1) is 9.65. The number of H-pyrrole nitrogens is 1. The lowest BCUT2D eigenvalue weighted by Gasteiger charge is -2.18. The summed E-state index contributed by atoms with van der Waals surface area (Å²) in [5.74, 6) is 2.14. The van der Waals surface area contributed by atoms with Crippen molar-refractivity contribution in [1.29, 1.82) is 0 Å². The van der Waals surface area contributed by atoms with Gasteiger partial charge in [-0.05, 0) is 12.8 Å². The zero-order valence-electron chi connectivity index (χ0n) is 8.88. The first-order valence-corrected chi connectivity index (χ1v) is 5.33. The molecule has 0 bridgehead atoms. The minimum Gasteiger partial charge on any atom is -0.319 e. The van der Waals surface area contributed by atoms with E-state index in [4.69, 9.17) is 5.73 Å². The zero-order valence-corrected chi connectivity index (χ0v) is 8.88. The molecule has 4 heteroatoms. The molecular formula is C10H18N4. The molecule has 2 rings (SSSR count). The van der Waals surface area contributed by atoms with Gasteiger partial charge in [0.1, 0.15) is 5.82 Å². The van der Waals surface area contributed by atoms with Crippen molar-refractivity contribution in [3.05, 3.63) is 11.6 Å². The molecular weight excluding hydrogens is 176 g/mol. The van der Waals surface area contributed by atoms with E-state index in [1.54, 1.807) is 0 Å². The van der Waals surface area contributed by atoms with Crippen LogP contribution in [0.4, 0.5) is 0 Å². The number of hydrogen-bond acceptors (Lipinski definition) is 3. The van der Waals surface area contributed by atoms with Crippen LogP contribution in [0.1, 0.15) is 57.1 Å². The van der Waals surface area contributed by atoms with Crippen molar-refractivity contribution in [2.24, 2.45) is 5.73 Å². The molecule has 1 heterocycles. The van der Waals surface area contributed by atoms with Crippen LogP contribution in [0, 0.1) is 0 Å². The number of aromatic amines is 1. The third kappa shape index (κ3) is 1.54. The van der Waals surface area contributed by atoms with Gasteiger partial charge in [-0.15, -0.1) is 0 Å². The predicted octanol–water partition coefficient (Wildman–Crippen LogP) is 1.66. The molecule has 1 fully saturated rings. The lowest BCUT2D eigenvalue weighted by molar-refractivity contribution is 0.432. The molecule has 0 aromatic carbocycles. The van der Waals surface area contributed by atoms with E-state index in [9.17, 15) is 0 Å². The Morgan fingerprint density at radius 3 is 2.50 bits per heavy atom. The average Bonchev–Trinajstić information content (AvgIpc) is 2.71. The fraction of sp³-hybridized carbons (Fsp3) is 0.800. The second-order valence-corrected chi connectivity index (χ2v) is 4.56. The van der Waals surface area contributed by atoms with E-state index >= 15 is 0 Å². The van der Waals surface area contributed by atoms with Crippen LogP contribution in [0.5, 0.6) is 0 Å². The smallest absolute Gasteiger partial charge is 0.170 e. The molecule has 4 nitrogen and oxygen atoms in total. The zero-order chi connectivity index (χ0) is 10.2. The quantitative estimate of drug-likeness (QED) is 0.752. The maximum absolute atomic E-state index is 6.25. The third-order valence-electron chi connectivity index (χ3n) is 2.99. The van der Waals surface area contributed by atoms with Crippen molar-refractivity contribution >= 4 is 0 Å². The maximum atomic E-state index is 6.25. The summed E-state index contributed by atoms with van der Waals surface area (Å²) in [7, 11) is 0. The molecule has 0 atom stereocenters. The molecule has 1 saturated carbocycles. The lowest BCUT2D eigenvalue weighted by Crippen LogP contribution is -2.34. The van der Waals surface area contributed by atoms with Gasteiger partial charge in [0.2, 0.25) is 0 Å². The Morgan fingerprint density at radius 2 is 2.00 bits per heavy atom. The molecule has 3 N–H and O–H groups in total. The highest BCUT2D eigenvalue weighted by atomic mass is 15.2. The van der Waals surface area contributed by atoms with Crippen molar-refractivity contribution < 1.29 is 0 Å². The minimum atomic E-state index is -0.260. The summed E-state index contributed by atoms with van der Waals surface area (Å²) in [5.41, 5.74) is 5.99. The average molecular weight is 194 g/mol. The second-order valence-electron chi connectivity index (χ2n) is 4.56. The highest BCUT2D eigenvalue weighted by Crippen LogP contribution is 2.34. The number of hydrogen-bond donors (Lipinski definition) is 2. The van der Waals surface area contributed by atoms with Crippen LogP contribution in [0.3, 0.4) is 0 Å². The molecule has 14 heavy (non-hydrogen) atoms. The van der Waals surface area contributed by atoms with Gasteiger partial charge in [-0.1, -0.05) is 26.7 Å². The van der Waals surface area contributed by atoms with Crippen LogP contribution in [0.2, 0.25) is 0 Å². The van der Waals surface area contributed by atoms with Crippen molar-refractivity contribution in [3.63, 3.8) is 0 Å². The van der Waals surface area contributed by atoms with Crippen molar-refractivity contribution in [2.75, 3.05) is 0 Å². The summed E-state index contributed by atoms with van der Waals surface area (Å²) in [6, 6.07) is 0. The first-order chi connectivity index (χ1) is 6.62. The maximum Gasteiger partial charge on any atom is 0.170 e. The summed E-state index contributed by atoms with van der Waals surface area (Å²) in [5, 5.41) is 7.20. The van der Waals surface area contributed by atoms with Crippen LogP contribution in [-0.4, -0.2) is 15.2 Å². The molecule has 0 spiro atoms. The van der Waals surface area contributed by atoms with Crippen LogP contribution in [0.15, 0.2) is 0 Å². The Balaban J connectivity index is 2.23. The molecule has 0 aliphatic heterocycles. The van der Waals surface area contributed by atoms with Crippen molar-refractivity contribution in [2.45, 2.75) is 51.0 Å². The molecule has 1 aliphatic rings. The number of nitrogens with two attached hydrogens (primary N) is 1. The summed E-state index contributed by atoms with van der Waals surface area (Å²) in [6.45, 7) is 4.20. The monoisotopic (exact) mass is 194 g/mol. The topological polar surface area (TPSA) is 67.6 Å². The van der Waals surface area contributed by atoms with Gasteiger partial charge in [-0.2, -0.15) is 5.10 Å². The van der Waals surface area contributed by atoms with Gasteiger partial charge in [0, 0.05) is 5.92 Å². The first-order valence-electron chi connectivity index (χ1n) is 5.33. The van der Waals surface area contributed by atoms with Crippen molar-refractivity contribution in [1.82, 2.24) is 15.2 Å². The van der Waals surface area contributed by atoms with Gasteiger partial charge in [0.25, 0.3) is 0 Å². The normalized spacial score (nSPS) is 20.6. The summed E-state index contributed by atoms with van der Waals surface area (Å²) >= 11 is 0. The fourth-order valence-corrected chi connectivity index (χ4v) is 1.98. The Kier molecular flexibility index (Phi) is 2.31. The van der Waals surface area contributed by atoms with Gasteiger partial charge in [0.05, 0.1) is 5.54 Å². The second kappa shape index (κ2) is 3.35. The standard InChI is InChI=1S/C10H18N4/c1-7(2)8-12-9(14-13-8)10(11)5-3-4-6-10/h7H,3-6,11H2,1-2H3,(H,12,13,14). The van der Waals surface area contributed by atoms with Crippen molar-refractivity contribution in [3.8, 4) is 0 Å². The number of rotatable bonds is 2. The Labute approximate surface area is 84.3 Å². The highest BCUT2D eigenvalue weighted by molar-refractivity contribution is 5.08. The Bertz CT molecular complexity index is 310. The van der Waals surface area contributed by atoms with E-state index in [1.807, 2.05) is 0 Å². The largest absolute Gasteiger partial charge is 0.319 e. The lowest BCUT2D eigenvalue weighted by atomic mass is 9.98. The van der Waals surface area contributed by atoms with E-state index in [2.05, 4.69) is 29.0 Å². The van der Waals surface area contributed by atoms with E-state index in [0.29, 0.717) is 5.92 Å². The number of nitrogens with zero attached hydrogens (tertiary/aromatic N) is 2. The summed E-state index contributed by atoms with van der Waals surface area (Å²) in [4.78, 5) is 4.47. The number of nitrogens with one attached hydrogen (secondary N) is 1. The highest BCUT2D eigenvalue weighted by Gasteiger charge is 2.35. The Hall–Kier alpha value is -0.900. The van der Waals surface area contributed by atoms with E-state index in [0.717, 1.165) is 24.5 Å². The molecule has 0 radical (unpaired) electrons. The van der Waals surface area contributed by atoms with Gasteiger partial charge in [0.15, 0.2) is 5.82 Å². The van der Waals surface area contributed by atoms with Gasteiger partial charge < -0.3 is 5.73 Å². The van der Waals surface area contributed by atoms with E-state index < -0.39 is 0 Å². The SMILES string of the molecule is CC(C)c1nc(C2(N)CCCC2)n[nH]1. The molecule has 1 aliphatic carbocycles. The van der Waals surface area contributed by atoms with Gasteiger partial charge in [-0.25, -0.2) is 4.98 Å². The minimum absolute atomic E-state index is 0.260. The number of aromatic nitrogens is 3. The molecule has 1 aromatic heterocycles. The van der Waals surface area contributed by atoms with Crippen LogP contribution in [-0.2, 0) is 5.54 Å². The van der Waals surface area contributed by atoms with E-state index in [1.165, 1.54) is 12.8 Å². The fourth-order valence-electron chi connectivity index (χ4n) is 1.98. The van der Waals surface area contributed by atoms with E-state index in [-0.39, 0.29) is 5.54 Å². The van der Waals surface area contributed by atoms with Gasteiger partial charge in [-0.3, -0.25) is 5.10 Å². The summed E-state index contributed by atoms with van der Waals surface area (Å²) < 4.78 is 0. The molecule has 0 unspecified atom stereocenters. The summed E-state index contributed by atoms with van der Waals surface area (Å²) in [6.07, 6.45) is 4.43.